The van der Waals surface area contributed by atoms with Gasteiger partial charge in [0.15, 0.2) is 0 Å². The van der Waals surface area contributed by atoms with Crippen LogP contribution in [0, 0.1) is 5.82 Å². The van der Waals surface area contributed by atoms with Crippen molar-refractivity contribution in [2.45, 2.75) is 56.4 Å². The Balaban J connectivity index is 1.43. The van der Waals surface area contributed by atoms with Crippen LogP contribution in [0.4, 0.5) is 4.39 Å². The van der Waals surface area contributed by atoms with E-state index < -0.39 is 0 Å². The Kier molecular flexibility index (Phi) is 4.27. The van der Waals surface area contributed by atoms with Crippen LogP contribution in [0.1, 0.15) is 60.7 Å². The van der Waals surface area contributed by atoms with Crippen LogP contribution in [-0.2, 0) is 18.4 Å². The Morgan fingerprint density at radius 1 is 1.36 bits per heavy atom. The van der Waals surface area contributed by atoms with E-state index in [1.807, 2.05) is 6.07 Å². The molecule has 1 saturated heterocycles. The van der Waals surface area contributed by atoms with Gasteiger partial charge < -0.3 is 9.72 Å². The summed E-state index contributed by atoms with van der Waals surface area (Å²) in [4.78, 5) is 23.0. The van der Waals surface area contributed by atoms with Crippen LogP contribution in [0.25, 0.3) is 0 Å². The van der Waals surface area contributed by atoms with E-state index >= 15 is 0 Å². The predicted molar refractivity (Wildman–Crippen MR) is 104 cm³/mol. The van der Waals surface area contributed by atoms with E-state index in [0.717, 1.165) is 80.8 Å². The first-order valence-corrected chi connectivity index (χ1v) is 10.3. The fraction of sp³-hybridized carbons (Fsp3) is 0.545. The minimum Gasteiger partial charge on any atom is -0.496 e. The highest BCUT2D eigenvalue weighted by atomic mass is 19.1. The van der Waals surface area contributed by atoms with Crippen molar-refractivity contribution in [2.24, 2.45) is 0 Å². The molecule has 5 nitrogen and oxygen atoms in total. The molecular weight excluding hydrogens is 357 g/mol. The number of benzene rings is 1. The van der Waals surface area contributed by atoms with E-state index in [0.29, 0.717) is 11.7 Å². The number of fused-ring (bicyclic) bond motifs is 2. The van der Waals surface area contributed by atoms with E-state index in [1.54, 1.807) is 7.11 Å². The third-order valence-electron chi connectivity index (χ3n) is 6.65. The van der Waals surface area contributed by atoms with Gasteiger partial charge in [-0.15, -0.1) is 0 Å². The highest BCUT2D eigenvalue weighted by Crippen LogP contribution is 2.45. The molecule has 1 saturated carbocycles. The van der Waals surface area contributed by atoms with Crippen molar-refractivity contribution < 1.29 is 9.13 Å². The van der Waals surface area contributed by atoms with Gasteiger partial charge in [-0.3, -0.25) is 9.69 Å². The molecule has 2 aliphatic carbocycles. The maximum absolute atomic E-state index is 13.5. The first-order valence-electron chi connectivity index (χ1n) is 10.3. The van der Waals surface area contributed by atoms with Gasteiger partial charge in [0.2, 0.25) is 0 Å². The lowest BCUT2D eigenvalue weighted by molar-refractivity contribution is 0.135. The molecule has 2 heterocycles. The summed E-state index contributed by atoms with van der Waals surface area (Å²) in [7, 11) is 1.58. The Hall–Kier alpha value is -2.21. The van der Waals surface area contributed by atoms with Crippen molar-refractivity contribution >= 4 is 0 Å². The number of aromatic amines is 1. The highest BCUT2D eigenvalue weighted by molar-refractivity contribution is 5.36. The number of nitrogens with zero attached hydrogens (tertiary/aromatic N) is 2. The second-order valence-corrected chi connectivity index (χ2v) is 8.60. The molecule has 6 heteroatoms. The van der Waals surface area contributed by atoms with Crippen molar-refractivity contribution in [1.29, 1.82) is 0 Å². The average Bonchev–Trinajstić information content (AvgIpc) is 3.48. The van der Waals surface area contributed by atoms with Crippen molar-refractivity contribution in [3.8, 4) is 5.75 Å². The van der Waals surface area contributed by atoms with Gasteiger partial charge in [0.1, 0.15) is 17.4 Å². The van der Waals surface area contributed by atoms with Crippen LogP contribution in [0.5, 0.6) is 5.75 Å². The van der Waals surface area contributed by atoms with Crippen molar-refractivity contribution in [3.63, 3.8) is 0 Å². The van der Waals surface area contributed by atoms with E-state index in [4.69, 9.17) is 9.72 Å². The number of rotatable bonds is 4. The smallest absolute Gasteiger partial charge is 0.254 e. The SMILES string of the molecule is COc1cc(F)ccc1CN1CCCC2(CCc3c2nc(C2CC2)[nH]c3=O)C1. The van der Waals surface area contributed by atoms with Gasteiger partial charge in [-0.1, -0.05) is 6.07 Å². The number of nitrogens with one attached hydrogen (secondary N) is 1. The molecule has 2 fully saturated rings. The zero-order chi connectivity index (χ0) is 19.3. The first kappa shape index (κ1) is 17.9. The monoisotopic (exact) mass is 383 g/mol. The first-order chi connectivity index (χ1) is 13.6. The zero-order valence-electron chi connectivity index (χ0n) is 16.3. The number of hydrogen-bond donors (Lipinski definition) is 1. The van der Waals surface area contributed by atoms with Gasteiger partial charge in [-0.2, -0.15) is 0 Å². The van der Waals surface area contributed by atoms with E-state index in [1.165, 1.54) is 12.1 Å². The number of piperidine rings is 1. The van der Waals surface area contributed by atoms with Gasteiger partial charge in [0, 0.05) is 41.6 Å². The summed E-state index contributed by atoms with van der Waals surface area (Å²) in [6.07, 6.45) is 6.23. The molecule has 1 aliphatic heterocycles. The van der Waals surface area contributed by atoms with Crippen LogP contribution in [0.3, 0.4) is 0 Å². The lowest BCUT2D eigenvalue weighted by atomic mass is 9.77. The fourth-order valence-corrected chi connectivity index (χ4v) is 5.07. The van der Waals surface area contributed by atoms with Crippen LogP contribution in [0.15, 0.2) is 23.0 Å². The minimum atomic E-state index is -0.281. The van der Waals surface area contributed by atoms with Crippen molar-refractivity contribution in [1.82, 2.24) is 14.9 Å². The molecule has 5 rings (SSSR count). The van der Waals surface area contributed by atoms with Crippen molar-refractivity contribution in [2.75, 3.05) is 20.2 Å². The quantitative estimate of drug-likeness (QED) is 0.880. The number of aromatic nitrogens is 2. The molecule has 1 spiro atoms. The van der Waals surface area contributed by atoms with E-state index in [-0.39, 0.29) is 16.8 Å². The third-order valence-corrected chi connectivity index (χ3v) is 6.65. The molecule has 1 aromatic carbocycles. The molecular formula is C22H26FN3O2. The summed E-state index contributed by atoms with van der Waals surface area (Å²) in [6, 6.07) is 4.75. The molecule has 28 heavy (non-hydrogen) atoms. The molecule has 1 N–H and O–H groups in total. The number of ether oxygens (including phenoxy) is 1. The predicted octanol–water partition coefficient (Wildman–Crippen LogP) is 3.28. The number of methoxy groups -OCH3 is 1. The van der Waals surface area contributed by atoms with Crippen LogP contribution in [0.2, 0.25) is 0 Å². The number of likely N-dealkylation sites (tertiary alicyclic amines) is 1. The maximum atomic E-state index is 13.5. The topological polar surface area (TPSA) is 58.2 Å². The maximum Gasteiger partial charge on any atom is 0.254 e. The third kappa shape index (κ3) is 3.04. The molecule has 3 aliphatic rings. The number of halogens is 1. The summed E-state index contributed by atoms with van der Waals surface area (Å²) in [5.41, 5.74) is 2.98. The lowest BCUT2D eigenvalue weighted by Gasteiger charge is -2.40. The van der Waals surface area contributed by atoms with E-state index in [2.05, 4.69) is 9.88 Å². The number of hydrogen-bond acceptors (Lipinski definition) is 4. The number of H-pyrrole nitrogens is 1. The van der Waals surface area contributed by atoms with Gasteiger partial charge in [0.25, 0.3) is 5.56 Å². The average molecular weight is 383 g/mol. The fourth-order valence-electron chi connectivity index (χ4n) is 5.07. The largest absolute Gasteiger partial charge is 0.496 e. The van der Waals surface area contributed by atoms with Gasteiger partial charge in [0.05, 0.1) is 12.8 Å². The molecule has 0 radical (unpaired) electrons. The second kappa shape index (κ2) is 6.69. The molecule has 1 atom stereocenters. The summed E-state index contributed by atoms with van der Waals surface area (Å²) in [6.45, 7) is 2.61. The molecule has 1 unspecified atom stereocenters. The van der Waals surface area contributed by atoms with Gasteiger partial charge in [-0.25, -0.2) is 9.37 Å². The Morgan fingerprint density at radius 3 is 3.00 bits per heavy atom. The Morgan fingerprint density at radius 2 is 2.21 bits per heavy atom. The summed E-state index contributed by atoms with van der Waals surface area (Å²) >= 11 is 0. The normalized spacial score (nSPS) is 24.5. The Bertz CT molecular complexity index is 969. The van der Waals surface area contributed by atoms with Crippen molar-refractivity contribution in [3.05, 3.63) is 57.0 Å². The molecule has 0 amide bonds. The summed E-state index contributed by atoms with van der Waals surface area (Å²) < 4.78 is 18.9. The summed E-state index contributed by atoms with van der Waals surface area (Å²) in [5, 5.41) is 0. The zero-order valence-corrected chi connectivity index (χ0v) is 16.3. The summed E-state index contributed by atoms with van der Waals surface area (Å²) in [5.74, 6) is 1.65. The highest BCUT2D eigenvalue weighted by Gasteiger charge is 2.45. The minimum absolute atomic E-state index is 0.0290. The van der Waals surface area contributed by atoms with Crippen LogP contribution < -0.4 is 10.3 Å². The van der Waals surface area contributed by atoms with Crippen LogP contribution in [-0.4, -0.2) is 35.1 Å². The standard InChI is InChI=1S/C22H26FN3O2/c1-28-18-11-16(23)6-5-15(18)12-26-10-2-8-22(13-26)9-7-17-19(22)24-20(14-3-4-14)25-21(17)27/h5-6,11,14H,2-4,7-10,12-13H2,1H3,(H,24,25,27). The molecule has 148 valence electrons. The van der Waals surface area contributed by atoms with E-state index in [9.17, 15) is 9.18 Å². The van der Waals surface area contributed by atoms with Gasteiger partial charge >= 0.3 is 0 Å². The van der Waals surface area contributed by atoms with Crippen LogP contribution >= 0.6 is 0 Å². The van der Waals surface area contributed by atoms with Gasteiger partial charge in [-0.05, 0) is 51.1 Å². The Labute approximate surface area is 163 Å². The molecule has 0 bridgehead atoms. The molecule has 1 aromatic heterocycles. The lowest BCUT2D eigenvalue weighted by Crippen LogP contribution is -2.45. The second-order valence-electron chi connectivity index (χ2n) is 8.60. The molecule has 2 aromatic rings.